The van der Waals surface area contributed by atoms with E-state index in [1.165, 1.54) is 19.3 Å². The van der Waals surface area contributed by atoms with Crippen molar-refractivity contribution in [1.29, 1.82) is 0 Å². The number of hydrogen-bond acceptors (Lipinski definition) is 5. The van der Waals surface area contributed by atoms with Crippen molar-refractivity contribution < 1.29 is 9.90 Å². The van der Waals surface area contributed by atoms with Crippen LogP contribution in [0, 0.1) is 0 Å². The van der Waals surface area contributed by atoms with E-state index in [1.54, 1.807) is 0 Å². The molecule has 1 heterocycles. The molecule has 0 fully saturated rings. The van der Waals surface area contributed by atoms with Gasteiger partial charge in [-0.25, -0.2) is 9.97 Å². The molecule has 0 spiro atoms. The normalized spacial score (nSPS) is 12.1. The van der Waals surface area contributed by atoms with E-state index >= 15 is 0 Å². The highest BCUT2D eigenvalue weighted by molar-refractivity contribution is 5.72. The highest BCUT2D eigenvalue weighted by atomic mass is 16.4. The van der Waals surface area contributed by atoms with Gasteiger partial charge in [0.05, 0.1) is 0 Å². The van der Waals surface area contributed by atoms with Gasteiger partial charge in [-0.3, -0.25) is 4.79 Å². The second-order valence-corrected chi connectivity index (χ2v) is 4.89. The summed E-state index contributed by atoms with van der Waals surface area (Å²) in [6.45, 7) is 2.80. The molecule has 0 saturated heterocycles. The van der Waals surface area contributed by atoms with E-state index in [4.69, 9.17) is 10.8 Å². The summed E-state index contributed by atoms with van der Waals surface area (Å²) in [5, 5.41) is 11.7. The van der Waals surface area contributed by atoms with Gasteiger partial charge in [-0.15, -0.1) is 0 Å². The molecule has 20 heavy (non-hydrogen) atoms. The topological polar surface area (TPSA) is 101 Å². The Labute approximate surface area is 119 Å². The summed E-state index contributed by atoms with van der Waals surface area (Å²) in [5.74, 6) is -0.383. The quantitative estimate of drug-likeness (QED) is 0.565. The van der Waals surface area contributed by atoms with E-state index in [-0.39, 0.29) is 0 Å². The molecule has 1 atom stereocenters. The average Bonchev–Trinajstić information content (AvgIpc) is 2.45. The Morgan fingerprint density at radius 1 is 1.35 bits per heavy atom. The van der Waals surface area contributed by atoms with Gasteiger partial charge < -0.3 is 16.2 Å². The van der Waals surface area contributed by atoms with Crippen LogP contribution in [0.3, 0.4) is 0 Å². The predicted octanol–water partition coefficient (Wildman–Crippen LogP) is 1.81. The van der Waals surface area contributed by atoms with Crippen LogP contribution in [-0.4, -0.2) is 33.6 Å². The number of aromatic nitrogens is 2. The number of carboxylic acids is 1. The maximum atomic E-state index is 10.5. The lowest BCUT2D eigenvalue weighted by Gasteiger charge is -2.07. The van der Waals surface area contributed by atoms with Gasteiger partial charge >= 0.3 is 5.97 Å². The smallest absolute Gasteiger partial charge is 0.320 e. The molecule has 6 heteroatoms. The Morgan fingerprint density at radius 3 is 2.65 bits per heavy atom. The minimum absolute atomic E-state index is 0.442. The summed E-state index contributed by atoms with van der Waals surface area (Å²) in [6, 6.07) is -0.793. The van der Waals surface area contributed by atoms with Gasteiger partial charge in [-0.1, -0.05) is 19.8 Å². The zero-order valence-corrected chi connectivity index (χ0v) is 12.0. The fraction of sp³-hybridized carbons (Fsp3) is 0.643. The van der Waals surface area contributed by atoms with Gasteiger partial charge in [0.15, 0.2) is 0 Å². The first-order valence-electron chi connectivity index (χ1n) is 7.16. The number of carbonyl (C=O) groups is 1. The van der Waals surface area contributed by atoms with Crippen LogP contribution < -0.4 is 11.1 Å². The summed E-state index contributed by atoms with van der Waals surface area (Å²) >= 11 is 0. The van der Waals surface area contributed by atoms with Crippen molar-refractivity contribution in [2.45, 2.75) is 51.5 Å². The van der Waals surface area contributed by atoms with E-state index < -0.39 is 12.0 Å². The molecule has 4 N–H and O–H groups in total. The third-order valence-electron chi connectivity index (χ3n) is 3.07. The Bertz CT molecular complexity index is 395. The van der Waals surface area contributed by atoms with Crippen molar-refractivity contribution in [3.63, 3.8) is 0 Å². The fourth-order valence-corrected chi connectivity index (χ4v) is 1.80. The molecule has 0 aromatic carbocycles. The van der Waals surface area contributed by atoms with Crippen molar-refractivity contribution in [3.8, 4) is 0 Å². The molecule has 0 aliphatic carbocycles. The second kappa shape index (κ2) is 9.25. The summed E-state index contributed by atoms with van der Waals surface area (Å²) in [4.78, 5) is 19.0. The molecule has 1 aromatic heterocycles. The number of anilines is 1. The highest BCUT2D eigenvalue weighted by Crippen LogP contribution is 2.06. The van der Waals surface area contributed by atoms with Gasteiger partial charge in [0.1, 0.15) is 6.04 Å². The molecular weight excluding hydrogens is 256 g/mol. The van der Waals surface area contributed by atoms with Gasteiger partial charge in [0, 0.05) is 18.9 Å². The first-order valence-corrected chi connectivity index (χ1v) is 7.16. The molecule has 0 aliphatic rings. The zero-order valence-electron chi connectivity index (χ0n) is 12.0. The van der Waals surface area contributed by atoms with Gasteiger partial charge in [0.25, 0.3) is 0 Å². The monoisotopic (exact) mass is 280 g/mol. The van der Waals surface area contributed by atoms with Crippen LogP contribution in [-0.2, 0) is 11.2 Å². The molecule has 0 unspecified atom stereocenters. The fourth-order valence-electron chi connectivity index (χ4n) is 1.80. The zero-order chi connectivity index (χ0) is 14.8. The maximum absolute atomic E-state index is 10.5. The first-order chi connectivity index (χ1) is 9.63. The van der Waals surface area contributed by atoms with Crippen molar-refractivity contribution in [3.05, 3.63) is 18.0 Å². The third-order valence-corrected chi connectivity index (χ3v) is 3.07. The van der Waals surface area contributed by atoms with Crippen LogP contribution in [0.1, 0.15) is 44.6 Å². The maximum Gasteiger partial charge on any atom is 0.320 e. The molecule has 0 bridgehead atoms. The van der Waals surface area contributed by atoms with Gasteiger partial charge in [-0.2, -0.15) is 0 Å². The minimum atomic E-state index is -0.960. The molecule has 0 amide bonds. The highest BCUT2D eigenvalue weighted by Gasteiger charge is 2.10. The number of aliphatic carboxylic acids is 1. The van der Waals surface area contributed by atoms with Crippen molar-refractivity contribution in [2.75, 3.05) is 11.9 Å². The van der Waals surface area contributed by atoms with E-state index in [1.807, 2.05) is 12.4 Å². The summed E-state index contributed by atoms with van der Waals surface area (Å²) in [5.41, 5.74) is 6.57. The standard InChI is InChI=1S/C14H24N4O2/c1-2-3-4-6-11-9-17-14(18-10-11)16-8-5-7-12(15)13(19)20/h9-10,12H,2-8,15H2,1H3,(H,19,20)(H,16,17,18)/t12-/m0/s1. The SMILES string of the molecule is CCCCCc1cnc(NCCC[C@H](N)C(=O)O)nc1. The number of aryl methyl sites for hydroxylation is 1. The van der Waals surface area contributed by atoms with Crippen LogP contribution in [0.25, 0.3) is 0 Å². The van der Waals surface area contributed by atoms with Crippen LogP contribution in [0.2, 0.25) is 0 Å². The second-order valence-electron chi connectivity index (χ2n) is 4.89. The van der Waals surface area contributed by atoms with Crippen LogP contribution in [0.5, 0.6) is 0 Å². The van der Waals surface area contributed by atoms with E-state index in [2.05, 4.69) is 22.2 Å². The number of rotatable bonds is 10. The van der Waals surface area contributed by atoms with E-state index in [9.17, 15) is 4.79 Å². The minimum Gasteiger partial charge on any atom is -0.480 e. The van der Waals surface area contributed by atoms with Crippen LogP contribution in [0.4, 0.5) is 5.95 Å². The molecule has 112 valence electrons. The predicted molar refractivity (Wildman–Crippen MR) is 78.6 cm³/mol. The van der Waals surface area contributed by atoms with Gasteiger partial charge in [-0.05, 0) is 31.2 Å². The number of carboxylic acid groups (broad SMARTS) is 1. The average molecular weight is 280 g/mol. The lowest BCUT2D eigenvalue weighted by molar-refractivity contribution is -0.138. The number of nitrogens with one attached hydrogen (secondary N) is 1. The number of nitrogens with zero attached hydrogens (tertiary/aromatic N) is 2. The van der Waals surface area contributed by atoms with Crippen LogP contribution in [0.15, 0.2) is 12.4 Å². The summed E-state index contributed by atoms with van der Waals surface area (Å²) in [7, 11) is 0. The Kier molecular flexibility index (Phi) is 7.57. The molecule has 0 saturated carbocycles. The molecule has 1 aromatic rings. The number of unbranched alkanes of at least 4 members (excludes halogenated alkanes) is 2. The van der Waals surface area contributed by atoms with Gasteiger partial charge in [0.2, 0.25) is 5.95 Å². The van der Waals surface area contributed by atoms with E-state index in [0.717, 1.165) is 12.0 Å². The first kappa shape index (κ1) is 16.4. The number of hydrogen-bond donors (Lipinski definition) is 3. The molecule has 0 aliphatic heterocycles. The largest absolute Gasteiger partial charge is 0.480 e. The Balaban J connectivity index is 2.22. The van der Waals surface area contributed by atoms with E-state index in [0.29, 0.717) is 25.3 Å². The Morgan fingerprint density at radius 2 is 2.05 bits per heavy atom. The molecule has 1 rings (SSSR count). The lowest BCUT2D eigenvalue weighted by Crippen LogP contribution is -2.30. The molecular formula is C14H24N4O2. The lowest BCUT2D eigenvalue weighted by atomic mass is 10.1. The summed E-state index contributed by atoms with van der Waals surface area (Å²) < 4.78 is 0. The van der Waals surface area contributed by atoms with Crippen molar-refractivity contribution in [1.82, 2.24) is 9.97 Å². The number of nitrogens with two attached hydrogens (primary N) is 1. The Hall–Kier alpha value is -1.69. The molecule has 6 nitrogen and oxygen atoms in total. The van der Waals surface area contributed by atoms with Crippen molar-refractivity contribution >= 4 is 11.9 Å². The van der Waals surface area contributed by atoms with Crippen LogP contribution >= 0.6 is 0 Å². The summed E-state index contributed by atoms with van der Waals surface area (Å²) in [6.07, 6.45) is 9.42. The third kappa shape index (κ3) is 6.47. The molecule has 0 radical (unpaired) electrons. The van der Waals surface area contributed by atoms with Crippen molar-refractivity contribution in [2.24, 2.45) is 5.73 Å².